The lowest BCUT2D eigenvalue weighted by Gasteiger charge is -2.22. The molecule has 1 fully saturated rings. The Morgan fingerprint density at radius 1 is 1.48 bits per heavy atom. The Balaban J connectivity index is 1.65. The first-order chi connectivity index (χ1) is 11.1. The summed E-state index contributed by atoms with van der Waals surface area (Å²) in [6, 6.07) is 4.71. The van der Waals surface area contributed by atoms with Gasteiger partial charge in [0.2, 0.25) is 0 Å². The molecular weight excluding hydrogens is 337 g/mol. The van der Waals surface area contributed by atoms with Crippen molar-refractivity contribution in [2.45, 2.75) is 25.4 Å². The van der Waals surface area contributed by atoms with E-state index in [2.05, 4.69) is 4.98 Å². The maximum Gasteiger partial charge on any atom is 0.274 e. The fourth-order valence-corrected chi connectivity index (χ4v) is 3.51. The largest absolute Gasteiger partial charge is 0.330 e. The van der Waals surface area contributed by atoms with Crippen LogP contribution in [0, 0.1) is 5.82 Å². The van der Waals surface area contributed by atoms with Crippen molar-refractivity contribution in [1.82, 2.24) is 14.3 Å². The van der Waals surface area contributed by atoms with E-state index in [0.717, 1.165) is 17.8 Å². The quantitative estimate of drug-likeness (QED) is 0.714. The Morgan fingerprint density at radius 2 is 2.30 bits per heavy atom. The van der Waals surface area contributed by atoms with Gasteiger partial charge in [0.1, 0.15) is 11.5 Å². The number of amides is 1. The molecule has 23 heavy (non-hydrogen) atoms. The fourth-order valence-electron chi connectivity index (χ4n) is 2.58. The van der Waals surface area contributed by atoms with Gasteiger partial charge < -0.3 is 4.90 Å². The topological polar surface area (TPSA) is 37.6 Å². The van der Waals surface area contributed by atoms with E-state index in [4.69, 9.17) is 11.6 Å². The second-order valence-electron chi connectivity index (χ2n) is 5.58. The molecule has 0 unspecified atom stereocenters. The third-order valence-corrected chi connectivity index (χ3v) is 5.08. The Hall–Kier alpha value is -1.92. The number of carbonyl (C=O) groups is 1. The highest BCUT2D eigenvalue weighted by molar-refractivity contribution is 7.15. The molecular formula is C16H13ClFN3OS. The molecule has 3 aromatic rings. The average Bonchev–Trinajstić information content (AvgIpc) is 3.12. The number of benzene rings is 1. The number of halogens is 2. The van der Waals surface area contributed by atoms with Crippen molar-refractivity contribution in [3.63, 3.8) is 0 Å². The number of imidazole rings is 1. The van der Waals surface area contributed by atoms with Gasteiger partial charge in [0.15, 0.2) is 4.96 Å². The van der Waals surface area contributed by atoms with Gasteiger partial charge in [-0.3, -0.25) is 9.20 Å². The molecule has 7 heteroatoms. The van der Waals surface area contributed by atoms with Crippen molar-refractivity contribution in [1.29, 1.82) is 0 Å². The van der Waals surface area contributed by atoms with Crippen LogP contribution in [0.3, 0.4) is 0 Å². The molecule has 0 saturated heterocycles. The minimum absolute atomic E-state index is 0.137. The zero-order valence-corrected chi connectivity index (χ0v) is 13.6. The van der Waals surface area contributed by atoms with Crippen molar-refractivity contribution in [3.05, 3.63) is 58.1 Å². The summed E-state index contributed by atoms with van der Waals surface area (Å²) < 4.78 is 15.9. The van der Waals surface area contributed by atoms with Gasteiger partial charge in [-0.2, -0.15) is 0 Å². The van der Waals surface area contributed by atoms with Gasteiger partial charge in [0.25, 0.3) is 5.91 Å². The van der Waals surface area contributed by atoms with Crippen LogP contribution in [0.15, 0.2) is 36.0 Å². The zero-order valence-electron chi connectivity index (χ0n) is 12.1. The van der Waals surface area contributed by atoms with Gasteiger partial charge in [0, 0.05) is 34.4 Å². The zero-order chi connectivity index (χ0) is 16.0. The van der Waals surface area contributed by atoms with Crippen LogP contribution in [0.5, 0.6) is 0 Å². The van der Waals surface area contributed by atoms with Gasteiger partial charge in [-0.05, 0) is 25.0 Å². The molecule has 0 radical (unpaired) electrons. The predicted octanol–water partition coefficient (Wildman–Crippen LogP) is 3.99. The predicted molar refractivity (Wildman–Crippen MR) is 87.4 cm³/mol. The first kappa shape index (κ1) is 14.7. The molecule has 0 aliphatic heterocycles. The number of hydrogen-bond donors (Lipinski definition) is 0. The molecule has 1 aliphatic rings. The van der Waals surface area contributed by atoms with Crippen molar-refractivity contribution in [2.75, 3.05) is 0 Å². The third kappa shape index (κ3) is 2.72. The fraction of sp³-hybridized carbons (Fsp3) is 0.250. The number of thiazole rings is 1. The summed E-state index contributed by atoms with van der Waals surface area (Å²) in [6.07, 6.45) is 5.44. The molecule has 1 saturated carbocycles. The molecule has 2 aromatic heterocycles. The molecule has 4 nitrogen and oxygen atoms in total. The number of carbonyl (C=O) groups excluding carboxylic acids is 1. The summed E-state index contributed by atoms with van der Waals surface area (Å²) in [4.78, 5) is 19.6. The summed E-state index contributed by atoms with van der Waals surface area (Å²) in [7, 11) is 0. The smallest absolute Gasteiger partial charge is 0.274 e. The minimum atomic E-state index is -0.387. The summed E-state index contributed by atoms with van der Waals surface area (Å²) in [5.74, 6) is -0.565. The number of rotatable bonds is 4. The highest BCUT2D eigenvalue weighted by atomic mass is 35.5. The summed E-state index contributed by atoms with van der Waals surface area (Å²) in [5, 5.41) is 2.25. The highest BCUT2D eigenvalue weighted by Crippen LogP contribution is 2.32. The Labute approximate surface area is 141 Å². The standard InChI is InChI=1S/C16H13ClFN3OS/c17-12-2-1-3-13(18)11(12)8-21(10-4-5-10)15(22)14-9-20-6-7-23-16(20)19-14/h1-3,6-7,9-10H,4-5,8H2. The Bertz CT molecular complexity index is 838. The SMILES string of the molecule is O=C(c1cn2ccsc2n1)N(Cc1c(F)cccc1Cl)C1CC1. The van der Waals surface area contributed by atoms with Crippen LogP contribution in [0.25, 0.3) is 4.96 Å². The number of fused-ring (bicyclic) bond motifs is 1. The van der Waals surface area contributed by atoms with Gasteiger partial charge in [0.05, 0.1) is 6.54 Å². The molecule has 1 amide bonds. The molecule has 1 aliphatic carbocycles. The van der Waals surface area contributed by atoms with Crippen LogP contribution < -0.4 is 0 Å². The summed E-state index contributed by atoms with van der Waals surface area (Å²) in [5.41, 5.74) is 0.742. The minimum Gasteiger partial charge on any atom is -0.330 e. The lowest BCUT2D eigenvalue weighted by atomic mass is 10.2. The van der Waals surface area contributed by atoms with Crippen LogP contribution in [0.4, 0.5) is 4.39 Å². The maximum atomic E-state index is 14.0. The highest BCUT2D eigenvalue weighted by Gasteiger charge is 2.35. The van der Waals surface area contributed by atoms with E-state index in [9.17, 15) is 9.18 Å². The lowest BCUT2D eigenvalue weighted by Crippen LogP contribution is -2.33. The van der Waals surface area contributed by atoms with Crippen LogP contribution in [0.2, 0.25) is 5.02 Å². The molecule has 0 spiro atoms. The van der Waals surface area contributed by atoms with E-state index >= 15 is 0 Å². The van der Waals surface area contributed by atoms with E-state index in [0.29, 0.717) is 16.3 Å². The lowest BCUT2D eigenvalue weighted by molar-refractivity contribution is 0.0723. The summed E-state index contributed by atoms with van der Waals surface area (Å²) >= 11 is 7.57. The number of nitrogens with zero attached hydrogens (tertiary/aromatic N) is 3. The molecule has 4 rings (SSSR count). The first-order valence-electron chi connectivity index (χ1n) is 7.29. The third-order valence-electron chi connectivity index (χ3n) is 3.95. The van der Waals surface area contributed by atoms with E-state index < -0.39 is 0 Å². The van der Waals surface area contributed by atoms with E-state index in [1.54, 1.807) is 23.2 Å². The second kappa shape index (κ2) is 5.62. The van der Waals surface area contributed by atoms with Gasteiger partial charge >= 0.3 is 0 Å². The molecule has 1 aromatic carbocycles. The number of aromatic nitrogens is 2. The van der Waals surface area contributed by atoms with E-state index in [1.165, 1.54) is 17.4 Å². The Morgan fingerprint density at radius 3 is 3.00 bits per heavy atom. The maximum absolute atomic E-state index is 14.0. The van der Waals surface area contributed by atoms with Crippen molar-refractivity contribution in [3.8, 4) is 0 Å². The van der Waals surface area contributed by atoms with Gasteiger partial charge in [-0.1, -0.05) is 17.7 Å². The van der Waals surface area contributed by atoms with Crippen LogP contribution in [0.1, 0.15) is 28.9 Å². The van der Waals surface area contributed by atoms with E-state index in [1.807, 2.05) is 16.0 Å². The monoisotopic (exact) mass is 349 g/mol. The molecule has 118 valence electrons. The number of hydrogen-bond acceptors (Lipinski definition) is 3. The molecule has 0 N–H and O–H groups in total. The normalized spacial score (nSPS) is 14.3. The Kier molecular flexibility index (Phi) is 3.58. The van der Waals surface area contributed by atoms with Crippen molar-refractivity contribution >= 4 is 33.8 Å². The van der Waals surface area contributed by atoms with Crippen molar-refractivity contribution < 1.29 is 9.18 Å². The molecule has 0 atom stereocenters. The molecule has 0 bridgehead atoms. The summed E-state index contributed by atoms with van der Waals surface area (Å²) in [6.45, 7) is 0.167. The van der Waals surface area contributed by atoms with Crippen LogP contribution in [-0.4, -0.2) is 26.2 Å². The second-order valence-corrected chi connectivity index (χ2v) is 6.86. The van der Waals surface area contributed by atoms with Crippen LogP contribution in [-0.2, 0) is 6.54 Å². The van der Waals surface area contributed by atoms with Gasteiger partial charge in [-0.25, -0.2) is 9.37 Å². The molecule has 2 heterocycles. The van der Waals surface area contributed by atoms with Crippen LogP contribution >= 0.6 is 22.9 Å². The van der Waals surface area contributed by atoms with Crippen molar-refractivity contribution in [2.24, 2.45) is 0 Å². The van der Waals surface area contributed by atoms with Gasteiger partial charge in [-0.15, -0.1) is 11.3 Å². The first-order valence-corrected chi connectivity index (χ1v) is 8.55. The van der Waals surface area contributed by atoms with E-state index in [-0.39, 0.29) is 24.3 Å². The average molecular weight is 350 g/mol.